The molecule has 0 aliphatic carbocycles. The molecule has 3 nitrogen and oxygen atoms in total. The average Bonchev–Trinajstić information content (AvgIpc) is 2.41. The van der Waals surface area contributed by atoms with Gasteiger partial charge in [0.05, 0.1) is 11.6 Å². The lowest BCUT2D eigenvalue weighted by Crippen LogP contribution is -2.28. The van der Waals surface area contributed by atoms with Gasteiger partial charge in [-0.1, -0.05) is 18.2 Å². The summed E-state index contributed by atoms with van der Waals surface area (Å²) in [5.41, 5.74) is 6.72. The Bertz CT molecular complexity index is 644. The highest BCUT2D eigenvalue weighted by atomic mass is 19.1. The van der Waals surface area contributed by atoms with Gasteiger partial charge in [0, 0.05) is 5.69 Å². The summed E-state index contributed by atoms with van der Waals surface area (Å²) in [6, 6.07) is 9.38. The van der Waals surface area contributed by atoms with E-state index in [0.29, 0.717) is 5.69 Å². The summed E-state index contributed by atoms with van der Waals surface area (Å²) in [5.74, 6) is -2.11. The molecule has 2 aromatic rings. The minimum Gasteiger partial charge on any atom is -0.398 e. The smallest absolute Gasteiger partial charge is 0.254 e. The molecule has 0 spiro atoms. The van der Waals surface area contributed by atoms with Crippen molar-refractivity contribution >= 4 is 11.6 Å². The van der Waals surface area contributed by atoms with Gasteiger partial charge in [-0.3, -0.25) is 4.79 Å². The molecule has 20 heavy (non-hydrogen) atoms. The number of hydrogen-bond acceptors (Lipinski definition) is 2. The van der Waals surface area contributed by atoms with Gasteiger partial charge in [-0.25, -0.2) is 8.78 Å². The van der Waals surface area contributed by atoms with Gasteiger partial charge >= 0.3 is 0 Å². The number of carbonyl (C=O) groups is 1. The van der Waals surface area contributed by atoms with Crippen molar-refractivity contribution < 1.29 is 13.6 Å². The van der Waals surface area contributed by atoms with Crippen LogP contribution in [0.25, 0.3) is 0 Å². The summed E-state index contributed by atoms with van der Waals surface area (Å²) in [4.78, 5) is 12.0. The third kappa shape index (κ3) is 2.93. The normalized spacial score (nSPS) is 11.9. The Morgan fingerprint density at radius 3 is 2.60 bits per heavy atom. The summed E-state index contributed by atoms with van der Waals surface area (Å²) in [7, 11) is 0. The van der Waals surface area contributed by atoms with E-state index in [1.165, 1.54) is 0 Å². The summed E-state index contributed by atoms with van der Waals surface area (Å²) >= 11 is 0. The number of carbonyl (C=O) groups excluding carboxylic acids is 1. The second kappa shape index (κ2) is 5.69. The number of para-hydroxylation sites is 1. The highest BCUT2D eigenvalue weighted by molar-refractivity contribution is 5.94. The monoisotopic (exact) mass is 276 g/mol. The van der Waals surface area contributed by atoms with E-state index in [1.54, 1.807) is 31.2 Å². The number of amides is 1. The first-order chi connectivity index (χ1) is 9.49. The number of anilines is 1. The second-order valence-corrected chi connectivity index (χ2v) is 4.45. The highest BCUT2D eigenvalue weighted by Crippen LogP contribution is 2.20. The first-order valence-corrected chi connectivity index (χ1v) is 6.09. The number of nitrogens with two attached hydrogens (primary N) is 1. The molecule has 2 rings (SSSR count). The predicted octanol–water partition coefficient (Wildman–Crippen LogP) is 3.04. The summed E-state index contributed by atoms with van der Waals surface area (Å²) in [6.45, 7) is 1.72. The fourth-order valence-corrected chi connectivity index (χ4v) is 1.93. The van der Waals surface area contributed by atoms with Gasteiger partial charge < -0.3 is 11.1 Å². The Morgan fingerprint density at radius 1 is 1.20 bits per heavy atom. The van der Waals surface area contributed by atoms with Crippen LogP contribution in [0.15, 0.2) is 42.5 Å². The highest BCUT2D eigenvalue weighted by Gasteiger charge is 2.16. The molecule has 0 saturated carbocycles. The maximum atomic E-state index is 13.5. The van der Waals surface area contributed by atoms with Crippen LogP contribution in [0.1, 0.15) is 28.9 Å². The van der Waals surface area contributed by atoms with Crippen molar-refractivity contribution in [2.45, 2.75) is 13.0 Å². The first kappa shape index (κ1) is 14.0. The molecule has 104 valence electrons. The standard InChI is InChI=1S/C15H14F2N2O/c1-9(11-4-2-3-5-14(11)18)19-15(20)12-8-10(16)6-7-13(12)17/h2-9H,18H2,1H3,(H,19,20). The molecule has 1 unspecified atom stereocenters. The van der Waals surface area contributed by atoms with E-state index in [-0.39, 0.29) is 5.56 Å². The maximum Gasteiger partial charge on any atom is 0.254 e. The Hall–Kier alpha value is -2.43. The van der Waals surface area contributed by atoms with Crippen molar-refractivity contribution in [3.05, 3.63) is 65.2 Å². The number of rotatable bonds is 3. The Balaban J connectivity index is 2.20. The van der Waals surface area contributed by atoms with E-state index in [2.05, 4.69) is 5.32 Å². The van der Waals surface area contributed by atoms with Gasteiger partial charge in [-0.15, -0.1) is 0 Å². The lowest BCUT2D eigenvalue weighted by Gasteiger charge is -2.16. The molecule has 0 radical (unpaired) electrons. The van der Waals surface area contributed by atoms with Crippen molar-refractivity contribution in [3.8, 4) is 0 Å². The molecule has 5 heteroatoms. The van der Waals surface area contributed by atoms with E-state index < -0.39 is 23.6 Å². The quantitative estimate of drug-likeness (QED) is 0.847. The Morgan fingerprint density at radius 2 is 1.90 bits per heavy atom. The summed E-state index contributed by atoms with van der Waals surface area (Å²) < 4.78 is 26.6. The van der Waals surface area contributed by atoms with E-state index in [9.17, 15) is 13.6 Å². The van der Waals surface area contributed by atoms with Crippen LogP contribution < -0.4 is 11.1 Å². The van der Waals surface area contributed by atoms with Gasteiger partial charge in [-0.05, 0) is 36.8 Å². The Kier molecular flexibility index (Phi) is 3.98. The van der Waals surface area contributed by atoms with E-state index in [1.807, 2.05) is 0 Å². The van der Waals surface area contributed by atoms with Crippen LogP contribution in [0.2, 0.25) is 0 Å². The van der Waals surface area contributed by atoms with Crippen molar-refractivity contribution in [3.63, 3.8) is 0 Å². The van der Waals surface area contributed by atoms with Crippen molar-refractivity contribution in [2.24, 2.45) is 0 Å². The zero-order valence-corrected chi connectivity index (χ0v) is 10.9. The number of hydrogen-bond donors (Lipinski definition) is 2. The maximum absolute atomic E-state index is 13.5. The van der Waals surface area contributed by atoms with Crippen LogP contribution >= 0.6 is 0 Å². The van der Waals surface area contributed by atoms with E-state index >= 15 is 0 Å². The van der Waals surface area contributed by atoms with Gasteiger partial charge in [0.25, 0.3) is 5.91 Å². The van der Waals surface area contributed by atoms with Gasteiger partial charge in [0.1, 0.15) is 11.6 Å². The van der Waals surface area contributed by atoms with Crippen LogP contribution in [0, 0.1) is 11.6 Å². The molecular weight excluding hydrogens is 262 g/mol. The first-order valence-electron chi connectivity index (χ1n) is 6.09. The lowest BCUT2D eigenvalue weighted by atomic mass is 10.1. The van der Waals surface area contributed by atoms with Crippen molar-refractivity contribution in [1.82, 2.24) is 5.32 Å². The molecule has 0 fully saturated rings. The molecule has 0 saturated heterocycles. The van der Waals surface area contributed by atoms with Gasteiger partial charge in [0.2, 0.25) is 0 Å². The van der Waals surface area contributed by atoms with Crippen LogP contribution in [-0.4, -0.2) is 5.91 Å². The SMILES string of the molecule is CC(NC(=O)c1cc(F)ccc1F)c1ccccc1N. The van der Waals surface area contributed by atoms with Gasteiger partial charge in [-0.2, -0.15) is 0 Å². The molecule has 0 aliphatic rings. The zero-order chi connectivity index (χ0) is 14.7. The number of nitrogen functional groups attached to an aromatic ring is 1. The van der Waals surface area contributed by atoms with E-state index in [4.69, 9.17) is 5.73 Å². The third-order valence-electron chi connectivity index (χ3n) is 2.98. The third-order valence-corrected chi connectivity index (χ3v) is 2.98. The lowest BCUT2D eigenvalue weighted by molar-refractivity contribution is 0.0935. The minimum absolute atomic E-state index is 0.327. The zero-order valence-electron chi connectivity index (χ0n) is 10.9. The average molecular weight is 276 g/mol. The molecule has 3 N–H and O–H groups in total. The number of benzene rings is 2. The summed E-state index contributed by atoms with van der Waals surface area (Å²) in [5, 5.41) is 2.60. The molecule has 0 aliphatic heterocycles. The largest absolute Gasteiger partial charge is 0.398 e. The van der Waals surface area contributed by atoms with Crippen LogP contribution in [0.3, 0.4) is 0 Å². The predicted molar refractivity (Wildman–Crippen MR) is 73.1 cm³/mol. The number of nitrogens with one attached hydrogen (secondary N) is 1. The van der Waals surface area contributed by atoms with Gasteiger partial charge in [0.15, 0.2) is 0 Å². The fraction of sp³-hybridized carbons (Fsp3) is 0.133. The fourth-order valence-electron chi connectivity index (χ4n) is 1.93. The molecular formula is C15H14F2N2O. The van der Waals surface area contributed by atoms with Crippen LogP contribution in [0.4, 0.5) is 14.5 Å². The molecule has 0 aromatic heterocycles. The molecule has 1 atom stereocenters. The van der Waals surface area contributed by atoms with Crippen LogP contribution in [-0.2, 0) is 0 Å². The van der Waals surface area contributed by atoms with Crippen molar-refractivity contribution in [2.75, 3.05) is 5.73 Å². The topological polar surface area (TPSA) is 55.1 Å². The molecule has 2 aromatic carbocycles. The van der Waals surface area contributed by atoms with Crippen molar-refractivity contribution in [1.29, 1.82) is 0 Å². The molecule has 0 heterocycles. The minimum atomic E-state index is -0.767. The second-order valence-electron chi connectivity index (χ2n) is 4.45. The molecule has 0 bridgehead atoms. The van der Waals surface area contributed by atoms with E-state index in [0.717, 1.165) is 23.8 Å². The Labute approximate surface area is 115 Å². The molecule has 1 amide bonds. The summed E-state index contributed by atoms with van der Waals surface area (Å²) in [6.07, 6.45) is 0. The number of halogens is 2. The van der Waals surface area contributed by atoms with Crippen LogP contribution in [0.5, 0.6) is 0 Å².